The fraction of sp³-hybridized carbons (Fsp3) is 0.214. The third-order valence-electron chi connectivity index (χ3n) is 7.87. The maximum Gasteiger partial charge on any atom is 0.337 e. The van der Waals surface area contributed by atoms with Gasteiger partial charge in [0.05, 0.1) is 6.10 Å². The lowest BCUT2D eigenvalue weighted by molar-refractivity contribution is -0.238. The smallest absolute Gasteiger partial charge is 0.337 e. The van der Waals surface area contributed by atoms with Gasteiger partial charge in [0.2, 0.25) is 0 Å². The van der Waals surface area contributed by atoms with E-state index in [1.165, 1.54) is 0 Å². The molecule has 1 fully saturated rings. The van der Waals surface area contributed by atoms with Crippen LogP contribution in [0.2, 0.25) is 0 Å². The quantitative estimate of drug-likeness (QED) is 0.0799. The summed E-state index contributed by atoms with van der Waals surface area (Å²) in [6.45, 7) is 0. The van der Waals surface area contributed by atoms with Crippen molar-refractivity contribution in [3.05, 3.63) is 53.1 Å². The topological polar surface area (TPSA) is 352 Å². The Bertz CT molecular complexity index is 1690. The van der Waals surface area contributed by atoms with E-state index in [-0.39, 0.29) is 24.3 Å². The first-order valence-corrected chi connectivity index (χ1v) is 12.6. The summed E-state index contributed by atoms with van der Waals surface area (Å²) in [5.41, 5.74) is -16.7. The lowest BCUT2D eigenvalue weighted by atomic mass is 9.46. The number of ketones is 3. The molecule has 3 aromatic rings. The van der Waals surface area contributed by atoms with Crippen LogP contribution in [-0.4, -0.2) is 118 Å². The van der Waals surface area contributed by atoms with E-state index in [9.17, 15) is 90.7 Å². The van der Waals surface area contributed by atoms with E-state index in [0.717, 1.165) is 0 Å². The second-order valence-electron chi connectivity index (χ2n) is 10.5. The summed E-state index contributed by atoms with van der Waals surface area (Å²) in [7, 11) is 0. The molecule has 1 saturated carbocycles. The number of hydrogen-bond donors (Lipinski definition) is 14. The summed E-state index contributed by atoms with van der Waals surface area (Å²) in [4.78, 5) is 56.1. The lowest BCUT2D eigenvalue weighted by Gasteiger charge is -2.56. The number of aromatic hydroxyl groups is 9. The second-order valence-corrected chi connectivity index (χ2v) is 10.5. The molecule has 0 bridgehead atoms. The van der Waals surface area contributed by atoms with Crippen molar-refractivity contribution in [1.29, 1.82) is 0 Å². The van der Waals surface area contributed by atoms with Crippen LogP contribution in [0.5, 0.6) is 51.7 Å². The minimum Gasteiger partial charge on any atom is -0.504 e. The molecule has 18 nitrogen and oxygen atoms in total. The summed E-state index contributed by atoms with van der Waals surface area (Å²) in [5.74, 6) is -20.8. The van der Waals surface area contributed by atoms with Crippen molar-refractivity contribution in [2.45, 2.75) is 29.8 Å². The minimum absolute atomic E-state index is 0.279. The first-order valence-electron chi connectivity index (χ1n) is 12.6. The van der Waals surface area contributed by atoms with Crippen LogP contribution in [0.4, 0.5) is 0 Å². The molecule has 46 heavy (non-hydrogen) atoms. The highest BCUT2D eigenvalue weighted by Gasteiger charge is 2.82. The molecular formula is C28H24O18. The lowest BCUT2D eigenvalue weighted by Crippen LogP contribution is -2.82. The van der Waals surface area contributed by atoms with E-state index in [1.54, 1.807) is 0 Å². The monoisotopic (exact) mass is 648 g/mol. The van der Waals surface area contributed by atoms with Crippen LogP contribution < -0.4 is 0 Å². The van der Waals surface area contributed by atoms with Crippen molar-refractivity contribution in [3.63, 3.8) is 0 Å². The van der Waals surface area contributed by atoms with E-state index in [1.807, 2.05) is 0 Å². The Hall–Kier alpha value is -5.82. The number of benzene rings is 3. The largest absolute Gasteiger partial charge is 0.504 e. The van der Waals surface area contributed by atoms with E-state index < -0.39 is 127 Å². The Kier molecular flexibility index (Phi) is 7.67. The average molecular weight is 648 g/mol. The molecule has 2 unspecified atom stereocenters. The molecule has 0 spiro atoms. The van der Waals surface area contributed by atoms with Crippen LogP contribution in [0.1, 0.15) is 37.5 Å². The number of hydrogen-bond acceptors (Lipinski definition) is 17. The predicted molar refractivity (Wildman–Crippen MR) is 144 cm³/mol. The van der Waals surface area contributed by atoms with E-state index in [4.69, 9.17) is 0 Å². The molecular weight excluding hydrogens is 624 g/mol. The maximum atomic E-state index is 14.5. The van der Waals surface area contributed by atoms with Gasteiger partial charge in [-0.25, -0.2) is 4.79 Å². The van der Waals surface area contributed by atoms with Gasteiger partial charge in [-0.1, -0.05) is 0 Å². The number of aliphatic hydroxyl groups excluding tert-OH is 2. The predicted octanol–water partition coefficient (Wildman–Crippen LogP) is -1.36. The van der Waals surface area contributed by atoms with Crippen molar-refractivity contribution in [2.75, 3.05) is 0 Å². The number of carboxylic acids is 1. The van der Waals surface area contributed by atoms with E-state index in [0.29, 0.717) is 12.1 Å². The first kappa shape index (κ1) is 33.1. The molecule has 244 valence electrons. The highest BCUT2D eigenvalue weighted by atomic mass is 16.4. The summed E-state index contributed by atoms with van der Waals surface area (Å²) in [6.07, 6.45) is -7.54. The number of carbonyl (C=O) groups excluding carboxylic acids is 3. The number of Topliss-reactive ketones (excluding diaryl/α,β-unsaturated/α-hetero) is 3. The van der Waals surface area contributed by atoms with Crippen molar-refractivity contribution < 1.29 is 90.7 Å². The highest BCUT2D eigenvalue weighted by molar-refractivity contribution is 6.28. The molecule has 1 aliphatic rings. The average Bonchev–Trinajstić information content (AvgIpc) is 2.98. The van der Waals surface area contributed by atoms with Gasteiger partial charge >= 0.3 is 5.97 Å². The van der Waals surface area contributed by atoms with E-state index >= 15 is 0 Å². The molecule has 14 N–H and O–H groups in total. The molecule has 18 heteroatoms. The number of rotatable bonds is 7. The van der Waals surface area contributed by atoms with Gasteiger partial charge in [-0.2, -0.15) is 0 Å². The highest BCUT2D eigenvalue weighted by Crippen LogP contribution is 2.57. The van der Waals surface area contributed by atoms with Crippen molar-refractivity contribution in [1.82, 2.24) is 0 Å². The number of carboxylic acid groups (broad SMARTS) is 1. The fourth-order valence-electron chi connectivity index (χ4n) is 5.62. The third-order valence-corrected chi connectivity index (χ3v) is 7.87. The summed E-state index contributed by atoms with van der Waals surface area (Å²) in [5, 5.41) is 146. The van der Waals surface area contributed by atoms with Gasteiger partial charge in [0.15, 0.2) is 85.7 Å². The Labute approximate surface area is 254 Å². The Morgan fingerprint density at radius 1 is 0.543 bits per heavy atom. The molecule has 0 heterocycles. The zero-order valence-electron chi connectivity index (χ0n) is 22.7. The van der Waals surface area contributed by atoms with Gasteiger partial charge in [-0.3, -0.25) is 14.4 Å². The van der Waals surface area contributed by atoms with Crippen LogP contribution in [0.25, 0.3) is 0 Å². The van der Waals surface area contributed by atoms with Crippen LogP contribution in [0, 0.1) is 5.41 Å². The van der Waals surface area contributed by atoms with Gasteiger partial charge < -0.3 is 71.5 Å². The SMILES string of the molecule is O=C(O)C1(O)C[C@@H](O)C(O)[C@@](O)(C(=O)c2cc(O)c(O)c(O)c2)C1(C(=O)c1cc(O)c(O)c(O)c1)C(=O)c1cc(O)c(O)c(O)c1. The molecule has 4 rings (SSSR count). The Morgan fingerprint density at radius 2 is 0.826 bits per heavy atom. The number of carbonyl (C=O) groups is 4. The first-order chi connectivity index (χ1) is 21.2. The number of aliphatic hydroxyl groups is 4. The van der Waals surface area contributed by atoms with Crippen LogP contribution >= 0.6 is 0 Å². The fourth-order valence-corrected chi connectivity index (χ4v) is 5.62. The number of phenolic OH excluding ortho intramolecular Hbond substituents is 9. The molecule has 4 atom stereocenters. The summed E-state index contributed by atoms with van der Waals surface area (Å²) >= 11 is 0. The van der Waals surface area contributed by atoms with Gasteiger partial charge in [0, 0.05) is 23.1 Å². The Balaban J connectivity index is 2.27. The molecule has 3 aromatic carbocycles. The molecule has 1 aliphatic carbocycles. The van der Waals surface area contributed by atoms with E-state index in [2.05, 4.69) is 0 Å². The molecule has 0 amide bonds. The van der Waals surface area contributed by atoms with Crippen molar-refractivity contribution >= 4 is 23.3 Å². The van der Waals surface area contributed by atoms with Crippen LogP contribution in [0.15, 0.2) is 36.4 Å². The van der Waals surface area contributed by atoms with Gasteiger partial charge in [-0.15, -0.1) is 0 Å². The normalized spacial score (nSPS) is 23.8. The van der Waals surface area contributed by atoms with Crippen LogP contribution in [-0.2, 0) is 4.79 Å². The maximum absolute atomic E-state index is 14.5. The number of phenols is 9. The molecule has 0 saturated heterocycles. The zero-order valence-corrected chi connectivity index (χ0v) is 22.7. The number of aliphatic carboxylic acids is 1. The Morgan fingerprint density at radius 3 is 1.11 bits per heavy atom. The van der Waals surface area contributed by atoms with Gasteiger partial charge in [0.1, 0.15) is 6.10 Å². The minimum atomic E-state index is -4.42. The van der Waals surface area contributed by atoms with Crippen molar-refractivity contribution in [2.24, 2.45) is 5.41 Å². The molecule has 0 radical (unpaired) electrons. The summed E-state index contributed by atoms with van der Waals surface area (Å²) < 4.78 is 0. The summed E-state index contributed by atoms with van der Waals surface area (Å²) in [6, 6.07) is 1.72. The molecule has 0 aliphatic heterocycles. The standard InChI is InChI=1S/C28H24O18/c29-11-1-8(2-12(30)18(11)36)21(39)27(22(40)9-3-13(31)19(37)14(32)4-9)26(45,25(43)44)7-17(35)24(42)28(27,46)23(41)10-5-15(33)20(38)16(34)6-10/h1-6,17,24,29-38,42,45-46H,7H2,(H,43,44)/t17-,24?,26?,28+/m1/s1. The van der Waals surface area contributed by atoms with Gasteiger partial charge in [-0.05, 0) is 36.4 Å². The second kappa shape index (κ2) is 10.7. The molecule has 0 aromatic heterocycles. The zero-order chi connectivity index (χ0) is 34.8. The van der Waals surface area contributed by atoms with Gasteiger partial charge in [0.25, 0.3) is 0 Å². The third kappa shape index (κ3) is 4.27. The van der Waals surface area contributed by atoms with Crippen LogP contribution in [0.3, 0.4) is 0 Å². The van der Waals surface area contributed by atoms with Crippen molar-refractivity contribution in [3.8, 4) is 51.7 Å².